The molecule has 2 rings (SSSR count). The molecule has 0 aliphatic carbocycles. The molecule has 0 bridgehead atoms. The van der Waals surface area contributed by atoms with Crippen molar-refractivity contribution in [3.63, 3.8) is 0 Å². The number of nitrogens with zero attached hydrogens (tertiary/aromatic N) is 2. The molecule has 0 spiro atoms. The van der Waals surface area contributed by atoms with Crippen LogP contribution in [-0.2, 0) is 10.0 Å². The molecule has 0 saturated carbocycles. The third-order valence-corrected chi connectivity index (χ3v) is 5.78. The predicted octanol–water partition coefficient (Wildman–Crippen LogP) is 0.660. The fourth-order valence-electron chi connectivity index (χ4n) is 2.36. The Labute approximate surface area is 125 Å². The molecular formula is C14H22FN3O2S. The van der Waals surface area contributed by atoms with Crippen LogP contribution in [0, 0.1) is 12.7 Å². The van der Waals surface area contributed by atoms with Gasteiger partial charge in [0.15, 0.2) is 0 Å². The van der Waals surface area contributed by atoms with Crippen LogP contribution < -0.4 is 5.32 Å². The van der Waals surface area contributed by atoms with E-state index >= 15 is 0 Å². The molecular weight excluding hydrogens is 293 g/mol. The van der Waals surface area contributed by atoms with Crippen molar-refractivity contribution >= 4 is 10.0 Å². The van der Waals surface area contributed by atoms with E-state index in [-0.39, 0.29) is 4.90 Å². The lowest BCUT2D eigenvalue weighted by Gasteiger charge is -2.29. The Bertz CT molecular complexity index is 586. The van der Waals surface area contributed by atoms with Gasteiger partial charge in [-0.1, -0.05) is 6.07 Å². The molecule has 0 atom stereocenters. The van der Waals surface area contributed by atoms with Crippen LogP contribution in [0.1, 0.15) is 5.56 Å². The molecule has 1 heterocycles. The van der Waals surface area contributed by atoms with E-state index in [1.54, 1.807) is 14.0 Å². The van der Waals surface area contributed by atoms with E-state index in [0.29, 0.717) is 18.7 Å². The first-order chi connectivity index (χ1) is 9.91. The molecule has 0 radical (unpaired) electrons. The largest absolute Gasteiger partial charge is 0.314 e. The summed E-state index contributed by atoms with van der Waals surface area (Å²) in [6.07, 6.45) is 0. The summed E-state index contributed by atoms with van der Waals surface area (Å²) in [5, 5.41) is 3.26. The van der Waals surface area contributed by atoms with Crippen LogP contribution in [0.5, 0.6) is 0 Å². The maximum absolute atomic E-state index is 13.3. The van der Waals surface area contributed by atoms with E-state index in [0.717, 1.165) is 32.2 Å². The molecule has 1 N–H and O–H groups in total. The summed E-state index contributed by atoms with van der Waals surface area (Å²) < 4.78 is 39.6. The molecule has 21 heavy (non-hydrogen) atoms. The Kier molecular flexibility index (Phi) is 5.32. The molecule has 1 fully saturated rings. The summed E-state index contributed by atoms with van der Waals surface area (Å²) in [5.41, 5.74) is 0.561. The Morgan fingerprint density at radius 3 is 2.67 bits per heavy atom. The molecule has 5 nitrogen and oxygen atoms in total. The Hall–Kier alpha value is -1.02. The van der Waals surface area contributed by atoms with Crippen molar-refractivity contribution in [2.24, 2.45) is 0 Å². The van der Waals surface area contributed by atoms with Crippen molar-refractivity contribution in [3.8, 4) is 0 Å². The second-order valence-electron chi connectivity index (χ2n) is 5.33. The van der Waals surface area contributed by atoms with Gasteiger partial charge in [-0.05, 0) is 24.6 Å². The fourth-order valence-corrected chi connectivity index (χ4v) is 3.75. The summed E-state index contributed by atoms with van der Waals surface area (Å²) in [5.74, 6) is -0.533. The minimum atomic E-state index is -3.64. The SMILES string of the molecule is Cc1ccc(F)cc1S(=O)(=O)N(C)CCN1CCNCC1. The molecule has 1 aliphatic rings. The van der Waals surface area contributed by atoms with E-state index in [9.17, 15) is 12.8 Å². The van der Waals surface area contributed by atoms with Gasteiger partial charge in [0.2, 0.25) is 10.0 Å². The van der Waals surface area contributed by atoms with Crippen LogP contribution in [0.2, 0.25) is 0 Å². The van der Waals surface area contributed by atoms with E-state index in [2.05, 4.69) is 10.2 Å². The highest BCUT2D eigenvalue weighted by molar-refractivity contribution is 7.89. The van der Waals surface area contributed by atoms with Gasteiger partial charge in [-0.25, -0.2) is 12.8 Å². The number of piperazine rings is 1. The van der Waals surface area contributed by atoms with Crippen molar-refractivity contribution in [1.29, 1.82) is 0 Å². The summed E-state index contributed by atoms with van der Waals surface area (Å²) >= 11 is 0. The summed E-state index contributed by atoms with van der Waals surface area (Å²) in [6.45, 7) is 6.47. The van der Waals surface area contributed by atoms with Gasteiger partial charge in [0, 0.05) is 46.3 Å². The van der Waals surface area contributed by atoms with Crippen LogP contribution in [0.15, 0.2) is 23.1 Å². The van der Waals surface area contributed by atoms with E-state index in [4.69, 9.17) is 0 Å². The minimum Gasteiger partial charge on any atom is -0.314 e. The Morgan fingerprint density at radius 2 is 2.00 bits per heavy atom. The number of rotatable bonds is 5. The minimum absolute atomic E-state index is 0.0466. The summed E-state index contributed by atoms with van der Waals surface area (Å²) in [6, 6.07) is 3.85. The number of hydrogen-bond acceptors (Lipinski definition) is 4. The topological polar surface area (TPSA) is 52.7 Å². The van der Waals surface area contributed by atoms with E-state index in [1.165, 1.54) is 16.4 Å². The van der Waals surface area contributed by atoms with Crippen LogP contribution in [-0.4, -0.2) is 63.9 Å². The molecule has 1 aromatic rings. The first-order valence-corrected chi connectivity index (χ1v) is 8.51. The second kappa shape index (κ2) is 6.83. The lowest BCUT2D eigenvalue weighted by atomic mass is 10.2. The van der Waals surface area contributed by atoms with E-state index in [1.807, 2.05) is 0 Å². The normalized spacial score (nSPS) is 17.3. The predicted molar refractivity (Wildman–Crippen MR) is 80.3 cm³/mol. The molecule has 1 saturated heterocycles. The third-order valence-electron chi connectivity index (χ3n) is 3.78. The molecule has 7 heteroatoms. The van der Waals surface area contributed by atoms with Crippen molar-refractivity contribution in [3.05, 3.63) is 29.6 Å². The molecule has 1 aliphatic heterocycles. The quantitative estimate of drug-likeness (QED) is 0.867. The highest BCUT2D eigenvalue weighted by atomic mass is 32.2. The van der Waals surface area contributed by atoms with Gasteiger partial charge < -0.3 is 5.32 Å². The van der Waals surface area contributed by atoms with Gasteiger partial charge in [0.25, 0.3) is 0 Å². The number of nitrogens with one attached hydrogen (secondary N) is 1. The van der Waals surface area contributed by atoms with Crippen LogP contribution in [0.3, 0.4) is 0 Å². The molecule has 118 valence electrons. The van der Waals surface area contributed by atoms with Gasteiger partial charge in [-0.15, -0.1) is 0 Å². The lowest BCUT2D eigenvalue weighted by Crippen LogP contribution is -2.46. The van der Waals surface area contributed by atoms with Crippen molar-refractivity contribution in [2.75, 3.05) is 46.3 Å². The van der Waals surface area contributed by atoms with Gasteiger partial charge in [0.05, 0.1) is 4.90 Å². The number of hydrogen-bond donors (Lipinski definition) is 1. The molecule has 0 unspecified atom stereocenters. The zero-order valence-corrected chi connectivity index (χ0v) is 13.3. The maximum atomic E-state index is 13.3. The molecule has 1 aromatic carbocycles. The smallest absolute Gasteiger partial charge is 0.243 e. The number of sulfonamides is 1. The lowest BCUT2D eigenvalue weighted by molar-refractivity contribution is 0.229. The van der Waals surface area contributed by atoms with Crippen LogP contribution in [0.4, 0.5) is 4.39 Å². The number of likely N-dealkylation sites (N-methyl/N-ethyl adjacent to an activating group) is 1. The average molecular weight is 315 g/mol. The van der Waals surface area contributed by atoms with Crippen LogP contribution >= 0.6 is 0 Å². The zero-order chi connectivity index (χ0) is 15.5. The number of benzene rings is 1. The fraction of sp³-hybridized carbons (Fsp3) is 0.571. The van der Waals surface area contributed by atoms with Crippen molar-refractivity contribution < 1.29 is 12.8 Å². The second-order valence-corrected chi connectivity index (χ2v) is 7.34. The maximum Gasteiger partial charge on any atom is 0.243 e. The monoisotopic (exact) mass is 315 g/mol. The van der Waals surface area contributed by atoms with Gasteiger partial charge >= 0.3 is 0 Å². The Morgan fingerprint density at radius 1 is 1.33 bits per heavy atom. The number of aryl methyl sites for hydroxylation is 1. The third kappa shape index (κ3) is 4.00. The van der Waals surface area contributed by atoms with Gasteiger partial charge in [0.1, 0.15) is 5.82 Å². The zero-order valence-electron chi connectivity index (χ0n) is 12.5. The van der Waals surface area contributed by atoms with Gasteiger partial charge in [-0.2, -0.15) is 4.31 Å². The highest BCUT2D eigenvalue weighted by Gasteiger charge is 2.24. The average Bonchev–Trinajstić information content (AvgIpc) is 2.48. The Balaban J connectivity index is 2.05. The first-order valence-electron chi connectivity index (χ1n) is 7.07. The standard InChI is InChI=1S/C14H22FN3O2S/c1-12-3-4-13(15)11-14(12)21(19,20)17(2)9-10-18-7-5-16-6-8-18/h3-4,11,16H,5-10H2,1-2H3. The van der Waals surface area contributed by atoms with Crippen molar-refractivity contribution in [1.82, 2.24) is 14.5 Å². The van der Waals surface area contributed by atoms with Crippen molar-refractivity contribution in [2.45, 2.75) is 11.8 Å². The summed E-state index contributed by atoms with van der Waals surface area (Å²) in [4.78, 5) is 2.27. The van der Waals surface area contributed by atoms with Gasteiger partial charge in [-0.3, -0.25) is 4.90 Å². The van der Waals surface area contributed by atoms with Crippen LogP contribution in [0.25, 0.3) is 0 Å². The number of halogens is 1. The summed E-state index contributed by atoms with van der Waals surface area (Å²) in [7, 11) is -2.10. The molecule has 0 aromatic heterocycles. The first kappa shape index (κ1) is 16.4. The van der Waals surface area contributed by atoms with E-state index < -0.39 is 15.8 Å². The highest BCUT2D eigenvalue weighted by Crippen LogP contribution is 2.19. The molecule has 0 amide bonds.